The van der Waals surface area contributed by atoms with E-state index in [2.05, 4.69) is 10.0 Å². The molecule has 0 spiro atoms. The summed E-state index contributed by atoms with van der Waals surface area (Å²) in [6.45, 7) is 1.06. The largest absolute Gasteiger partial charge is 0.384 e. The summed E-state index contributed by atoms with van der Waals surface area (Å²) in [4.78, 5) is 29.6. The summed E-state index contributed by atoms with van der Waals surface area (Å²) in [5.74, 6) is -1.03. The molecule has 11 heteroatoms. The number of sulfonamides is 1. The summed E-state index contributed by atoms with van der Waals surface area (Å²) in [5.41, 5.74) is 6.81. The lowest BCUT2D eigenvalue weighted by atomic mass is 9.95. The lowest BCUT2D eigenvalue weighted by Crippen LogP contribution is -2.53. The summed E-state index contributed by atoms with van der Waals surface area (Å²) in [7, 11) is -4.09. The fourth-order valence-electron chi connectivity index (χ4n) is 5.21. The van der Waals surface area contributed by atoms with Gasteiger partial charge in [-0.15, -0.1) is 11.3 Å². The van der Waals surface area contributed by atoms with Crippen LogP contribution in [-0.4, -0.2) is 50.1 Å². The first kappa shape index (κ1) is 29.4. The Morgan fingerprint density at radius 2 is 1.83 bits per heavy atom. The molecule has 2 amide bonds. The summed E-state index contributed by atoms with van der Waals surface area (Å²) in [6.07, 6.45) is 1.33. The van der Waals surface area contributed by atoms with Crippen molar-refractivity contribution in [3.8, 4) is 0 Å². The number of piperidine rings is 1. The molecule has 5 rings (SSSR count). The minimum Gasteiger partial charge on any atom is -0.384 e. The summed E-state index contributed by atoms with van der Waals surface area (Å²) in [5, 5.41) is 14.4. The summed E-state index contributed by atoms with van der Waals surface area (Å²) >= 11 is 1.56. The molecule has 1 aliphatic heterocycles. The number of likely N-dealkylation sites (tertiary alicyclic amines) is 1. The number of amidine groups is 1. The Morgan fingerprint density at radius 3 is 2.60 bits per heavy atom. The number of thiophene rings is 1. The molecular weight excluding hydrogens is 571 g/mol. The van der Waals surface area contributed by atoms with Crippen molar-refractivity contribution in [2.75, 3.05) is 13.1 Å². The third-order valence-electron chi connectivity index (χ3n) is 7.43. The molecular formula is C31H33N5O4S2. The normalized spacial score (nSPS) is 16.2. The van der Waals surface area contributed by atoms with Crippen LogP contribution in [0, 0.1) is 11.3 Å². The van der Waals surface area contributed by atoms with Gasteiger partial charge >= 0.3 is 0 Å². The van der Waals surface area contributed by atoms with Crippen LogP contribution in [0.5, 0.6) is 0 Å². The fourth-order valence-corrected chi connectivity index (χ4v) is 7.08. The molecule has 1 unspecified atom stereocenters. The molecule has 0 aliphatic carbocycles. The van der Waals surface area contributed by atoms with Gasteiger partial charge in [0, 0.05) is 23.5 Å². The molecule has 3 aromatic carbocycles. The van der Waals surface area contributed by atoms with E-state index < -0.39 is 22.0 Å². The molecule has 2 atom stereocenters. The Balaban J connectivity index is 1.37. The van der Waals surface area contributed by atoms with Crippen LogP contribution in [0.3, 0.4) is 0 Å². The first-order chi connectivity index (χ1) is 20.2. The second kappa shape index (κ2) is 12.8. The molecule has 1 saturated heterocycles. The van der Waals surface area contributed by atoms with E-state index >= 15 is 0 Å². The average molecular weight is 604 g/mol. The van der Waals surface area contributed by atoms with Crippen molar-refractivity contribution in [1.29, 1.82) is 5.41 Å². The number of nitrogens with one attached hydrogen (secondary N) is 3. The van der Waals surface area contributed by atoms with Gasteiger partial charge in [0.2, 0.25) is 21.8 Å². The number of hydrogen-bond acceptors (Lipinski definition) is 6. The van der Waals surface area contributed by atoms with E-state index in [4.69, 9.17) is 11.1 Å². The molecule has 0 bridgehead atoms. The number of benzene rings is 3. The van der Waals surface area contributed by atoms with E-state index in [-0.39, 0.29) is 35.5 Å². The Kier molecular flexibility index (Phi) is 9.00. The van der Waals surface area contributed by atoms with E-state index in [0.717, 1.165) is 15.6 Å². The molecule has 1 aromatic heterocycles. The predicted octanol–water partition coefficient (Wildman–Crippen LogP) is 3.63. The molecule has 5 N–H and O–H groups in total. The Hall–Kier alpha value is -4.06. The van der Waals surface area contributed by atoms with Gasteiger partial charge in [-0.25, -0.2) is 8.42 Å². The molecule has 9 nitrogen and oxygen atoms in total. The number of nitrogens with two attached hydrogens (primary N) is 1. The van der Waals surface area contributed by atoms with Crippen LogP contribution >= 0.6 is 11.3 Å². The number of carbonyl (C=O) groups excluding carboxylic acids is 2. The zero-order chi connectivity index (χ0) is 29.7. The molecule has 0 radical (unpaired) electrons. The predicted molar refractivity (Wildman–Crippen MR) is 165 cm³/mol. The lowest BCUT2D eigenvalue weighted by Gasteiger charge is -2.34. The van der Waals surface area contributed by atoms with Crippen molar-refractivity contribution in [1.82, 2.24) is 14.9 Å². The van der Waals surface area contributed by atoms with Gasteiger partial charge in [0.15, 0.2) is 0 Å². The number of carbonyl (C=O) groups is 2. The van der Waals surface area contributed by atoms with E-state index in [1.807, 2.05) is 41.8 Å². The van der Waals surface area contributed by atoms with Gasteiger partial charge in [-0.3, -0.25) is 15.0 Å². The highest BCUT2D eigenvalue weighted by Gasteiger charge is 2.34. The second-order valence-electron chi connectivity index (χ2n) is 10.4. The van der Waals surface area contributed by atoms with Crippen LogP contribution in [-0.2, 0) is 32.6 Å². The maximum Gasteiger partial charge on any atom is 0.241 e. The molecule has 1 aliphatic rings. The van der Waals surface area contributed by atoms with Gasteiger partial charge in [-0.2, -0.15) is 4.72 Å². The van der Waals surface area contributed by atoms with Crippen LogP contribution in [0.15, 0.2) is 89.1 Å². The van der Waals surface area contributed by atoms with Crippen LogP contribution in [0.1, 0.15) is 28.8 Å². The van der Waals surface area contributed by atoms with Crippen LogP contribution in [0.25, 0.3) is 10.8 Å². The maximum atomic E-state index is 14.0. The smallest absolute Gasteiger partial charge is 0.241 e. The average Bonchev–Trinajstić information content (AvgIpc) is 3.53. The SMILES string of the molecule is N=C(N)c1cccc(C[C@H](NS(=O)(=O)c2ccc3ccccc3c2)C(=O)N2CCCC(C(=O)NCc3cccs3)C2)c1. The Bertz CT molecular complexity index is 1710. The number of nitrogens with zero attached hydrogens (tertiary/aromatic N) is 1. The van der Waals surface area contributed by atoms with Crippen molar-refractivity contribution in [2.45, 2.75) is 36.7 Å². The highest BCUT2D eigenvalue weighted by atomic mass is 32.2. The lowest BCUT2D eigenvalue weighted by molar-refractivity contribution is -0.137. The van der Waals surface area contributed by atoms with Gasteiger partial charge in [-0.1, -0.05) is 54.6 Å². The third kappa shape index (κ3) is 7.04. The molecule has 1 fully saturated rings. The van der Waals surface area contributed by atoms with Crippen molar-refractivity contribution in [2.24, 2.45) is 11.7 Å². The first-order valence-corrected chi connectivity index (χ1v) is 16.1. The molecule has 4 aromatic rings. The molecule has 0 saturated carbocycles. The topological polar surface area (TPSA) is 145 Å². The zero-order valence-corrected chi connectivity index (χ0v) is 24.6. The van der Waals surface area contributed by atoms with Gasteiger partial charge in [0.25, 0.3) is 0 Å². The van der Waals surface area contributed by atoms with E-state index in [0.29, 0.717) is 37.1 Å². The summed E-state index contributed by atoms with van der Waals surface area (Å²) in [6, 6.07) is 21.9. The number of nitrogen functional groups attached to an aromatic ring is 1. The van der Waals surface area contributed by atoms with E-state index in [1.165, 1.54) is 6.07 Å². The molecule has 218 valence electrons. The van der Waals surface area contributed by atoms with Crippen LogP contribution in [0.2, 0.25) is 0 Å². The molecule has 2 heterocycles. The summed E-state index contributed by atoms with van der Waals surface area (Å²) < 4.78 is 29.9. The van der Waals surface area contributed by atoms with Crippen molar-refractivity contribution in [3.05, 3.63) is 100 Å². The Labute approximate surface area is 249 Å². The van der Waals surface area contributed by atoms with E-state index in [1.54, 1.807) is 52.6 Å². The zero-order valence-electron chi connectivity index (χ0n) is 23.0. The fraction of sp³-hybridized carbons (Fsp3) is 0.258. The van der Waals surface area contributed by atoms with Crippen molar-refractivity contribution < 1.29 is 18.0 Å². The standard InChI is InChI=1S/C31H33N5O4S2/c32-29(33)24-9-3-6-21(16-24)17-28(35-42(39,40)27-13-12-22-7-1-2-8-23(22)18-27)31(38)36-14-4-10-25(20-36)30(37)34-19-26-11-5-15-41-26/h1-3,5-9,11-13,15-16,18,25,28,35H,4,10,14,17,19-20H2,(H3,32,33)(H,34,37)/t25?,28-/m0/s1. The monoisotopic (exact) mass is 603 g/mol. The van der Waals surface area contributed by atoms with Crippen LogP contribution < -0.4 is 15.8 Å². The number of hydrogen-bond donors (Lipinski definition) is 4. The quantitative estimate of drug-likeness (QED) is 0.162. The third-order valence-corrected chi connectivity index (χ3v) is 9.77. The number of fused-ring (bicyclic) bond motifs is 1. The number of amides is 2. The minimum atomic E-state index is -4.09. The highest BCUT2D eigenvalue weighted by molar-refractivity contribution is 7.89. The number of rotatable bonds is 10. The maximum absolute atomic E-state index is 14.0. The molecule has 42 heavy (non-hydrogen) atoms. The van der Waals surface area contributed by atoms with E-state index in [9.17, 15) is 18.0 Å². The first-order valence-electron chi connectivity index (χ1n) is 13.7. The minimum absolute atomic E-state index is 0.0541. The van der Waals surface area contributed by atoms with Gasteiger partial charge in [-0.05, 0) is 65.2 Å². The Morgan fingerprint density at radius 1 is 1.02 bits per heavy atom. The second-order valence-corrected chi connectivity index (χ2v) is 13.2. The van der Waals surface area contributed by atoms with Gasteiger partial charge < -0.3 is 16.0 Å². The van der Waals surface area contributed by atoms with Gasteiger partial charge in [0.05, 0.1) is 17.4 Å². The van der Waals surface area contributed by atoms with Crippen molar-refractivity contribution in [3.63, 3.8) is 0 Å². The van der Waals surface area contributed by atoms with Crippen molar-refractivity contribution >= 4 is 49.8 Å². The van der Waals surface area contributed by atoms with Gasteiger partial charge in [0.1, 0.15) is 11.9 Å². The van der Waals surface area contributed by atoms with Crippen LogP contribution in [0.4, 0.5) is 0 Å². The highest BCUT2D eigenvalue weighted by Crippen LogP contribution is 2.22.